The van der Waals surface area contributed by atoms with Crippen LogP contribution in [0.2, 0.25) is 5.02 Å². The number of phenolic OH excluding ortho intramolecular Hbond substituents is 1. The SMILES string of the molecule is COc1cc(O)c(CCC=O)c(Cl)c1OC. The van der Waals surface area contributed by atoms with Gasteiger partial charge in [0.15, 0.2) is 11.5 Å². The van der Waals surface area contributed by atoms with Gasteiger partial charge in [0.1, 0.15) is 12.0 Å². The van der Waals surface area contributed by atoms with Gasteiger partial charge in [-0.2, -0.15) is 0 Å². The van der Waals surface area contributed by atoms with Gasteiger partial charge < -0.3 is 19.4 Å². The average molecular weight is 245 g/mol. The van der Waals surface area contributed by atoms with E-state index in [1.165, 1.54) is 20.3 Å². The number of phenols is 1. The van der Waals surface area contributed by atoms with Crippen molar-refractivity contribution in [3.05, 3.63) is 16.7 Å². The van der Waals surface area contributed by atoms with Gasteiger partial charge in [0.2, 0.25) is 0 Å². The molecule has 0 aromatic heterocycles. The molecule has 5 heteroatoms. The minimum Gasteiger partial charge on any atom is -0.507 e. The Morgan fingerprint density at radius 3 is 2.62 bits per heavy atom. The summed E-state index contributed by atoms with van der Waals surface area (Å²) in [6.45, 7) is 0. The van der Waals surface area contributed by atoms with Crippen molar-refractivity contribution in [1.82, 2.24) is 0 Å². The molecule has 0 saturated heterocycles. The molecular weight excluding hydrogens is 232 g/mol. The van der Waals surface area contributed by atoms with Crippen LogP contribution >= 0.6 is 11.6 Å². The number of rotatable bonds is 5. The van der Waals surface area contributed by atoms with Gasteiger partial charge >= 0.3 is 0 Å². The van der Waals surface area contributed by atoms with Gasteiger partial charge in [0, 0.05) is 18.1 Å². The molecule has 0 heterocycles. The molecular formula is C11H13ClO4. The Morgan fingerprint density at radius 2 is 2.12 bits per heavy atom. The van der Waals surface area contributed by atoms with E-state index in [0.29, 0.717) is 29.9 Å². The van der Waals surface area contributed by atoms with Crippen molar-refractivity contribution in [1.29, 1.82) is 0 Å². The van der Waals surface area contributed by atoms with E-state index in [9.17, 15) is 9.90 Å². The van der Waals surface area contributed by atoms with Crippen molar-refractivity contribution in [2.24, 2.45) is 0 Å². The molecule has 1 aromatic carbocycles. The van der Waals surface area contributed by atoms with Crippen LogP contribution < -0.4 is 9.47 Å². The Balaban J connectivity index is 3.23. The van der Waals surface area contributed by atoms with E-state index in [1.807, 2.05) is 0 Å². The molecule has 0 aliphatic rings. The first kappa shape index (κ1) is 12.6. The maximum absolute atomic E-state index is 10.3. The molecule has 0 unspecified atom stereocenters. The number of ether oxygens (including phenoxy) is 2. The quantitative estimate of drug-likeness (QED) is 0.807. The van der Waals surface area contributed by atoms with Gasteiger partial charge in [-0.1, -0.05) is 11.6 Å². The molecule has 1 aromatic rings. The average Bonchev–Trinajstić information content (AvgIpc) is 2.28. The van der Waals surface area contributed by atoms with Crippen molar-refractivity contribution in [2.75, 3.05) is 14.2 Å². The summed E-state index contributed by atoms with van der Waals surface area (Å²) in [7, 11) is 2.92. The first-order chi connectivity index (χ1) is 7.65. The lowest BCUT2D eigenvalue weighted by molar-refractivity contribution is -0.107. The lowest BCUT2D eigenvalue weighted by Crippen LogP contribution is -1.96. The zero-order valence-corrected chi connectivity index (χ0v) is 9.87. The Kier molecular flexibility index (Phi) is 4.43. The predicted molar refractivity (Wildman–Crippen MR) is 60.6 cm³/mol. The highest BCUT2D eigenvalue weighted by Gasteiger charge is 2.17. The van der Waals surface area contributed by atoms with Crippen LogP contribution in [0.15, 0.2) is 6.07 Å². The molecule has 16 heavy (non-hydrogen) atoms. The highest BCUT2D eigenvalue weighted by atomic mass is 35.5. The Bertz CT molecular complexity index is 390. The number of aldehydes is 1. The van der Waals surface area contributed by atoms with E-state index in [1.54, 1.807) is 0 Å². The van der Waals surface area contributed by atoms with Gasteiger partial charge in [-0.15, -0.1) is 0 Å². The second-order valence-corrected chi connectivity index (χ2v) is 3.51. The minimum absolute atomic E-state index is 0.00417. The van der Waals surface area contributed by atoms with Crippen LogP contribution in [0.1, 0.15) is 12.0 Å². The maximum atomic E-state index is 10.3. The first-order valence-corrected chi connectivity index (χ1v) is 5.09. The van der Waals surface area contributed by atoms with Gasteiger partial charge in [-0.05, 0) is 6.42 Å². The number of methoxy groups -OCH3 is 2. The van der Waals surface area contributed by atoms with Crippen molar-refractivity contribution >= 4 is 17.9 Å². The Labute approximate surface area is 98.7 Å². The lowest BCUT2D eigenvalue weighted by Gasteiger charge is -2.13. The molecule has 0 fully saturated rings. The van der Waals surface area contributed by atoms with Crippen molar-refractivity contribution in [3.63, 3.8) is 0 Å². The standard InChI is InChI=1S/C11H13ClO4/c1-15-9-6-8(14)7(4-3-5-13)10(12)11(9)16-2/h5-6,14H,3-4H2,1-2H3. The van der Waals surface area contributed by atoms with E-state index in [0.717, 1.165) is 6.29 Å². The number of benzene rings is 1. The van der Waals surface area contributed by atoms with Crippen LogP contribution in [0, 0.1) is 0 Å². The summed E-state index contributed by atoms with van der Waals surface area (Å²) in [5.41, 5.74) is 0.492. The van der Waals surface area contributed by atoms with Crippen molar-refractivity contribution in [3.8, 4) is 17.2 Å². The van der Waals surface area contributed by atoms with Crippen LogP contribution in [0.25, 0.3) is 0 Å². The van der Waals surface area contributed by atoms with Gasteiger partial charge in [-0.25, -0.2) is 0 Å². The summed E-state index contributed by atoms with van der Waals surface area (Å²) in [4.78, 5) is 10.3. The highest BCUT2D eigenvalue weighted by Crippen LogP contribution is 2.42. The van der Waals surface area contributed by atoms with E-state index in [-0.39, 0.29) is 10.8 Å². The number of aromatic hydroxyl groups is 1. The van der Waals surface area contributed by atoms with Crippen LogP contribution in [-0.2, 0) is 11.2 Å². The Hall–Kier alpha value is -1.42. The third-order valence-electron chi connectivity index (χ3n) is 2.20. The zero-order chi connectivity index (χ0) is 12.1. The van der Waals surface area contributed by atoms with E-state index in [2.05, 4.69) is 0 Å². The van der Waals surface area contributed by atoms with Gasteiger partial charge in [-0.3, -0.25) is 0 Å². The summed E-state index contributed by atoms with van der Waals surface area (Å²) in [6.07, 6.45) is 1.43. The molecule has 88 valence electrons. The van der Waals surface area contributed by atoms with E-state index >= 15 is 0 Å². The molecule has 1 rings (SSSR count). The van der Waals surface area contributed by atoms with Crippen molar-refractivity contribution < 1.29 is 19.4 Å². The molecule has 0 radical (unpaired) electrons. The second kappa shape index (κ2) is 5.61. The van der Waals surface area contributed by atoms with E-state index < -0.39 is 0 Å². The summed E-state index contributed by atoms with van der Waals surface area (Å²) in [5.74, 6) is 0.729. The number of hydrogen-bond acceptors (Lipinski definition) is 4. The monoisotopic (exact) mass is 244 g/mol. The Morgan fingerprint density at radius 1 is 1.44 bits per heavy atom. The molecule has 0 saturated carbocycles. The molecule has 4 nitrogen and oxygen atoms in total. The topological polar surface area (TPSA) is 55.8 Å². The van der Waals surface area contributed by atoms with Crippen LogP contribution in [-0.4, -0.2) is 25.6 Å². The number of halogens is 1. The number of carbonyl (C=O) groups is 1. The third-order valence-corrected chi connectivity index (χ3v) is 2.60. The summed E-state index contributed by atoms with van der Waals surface area (Å²) < 4.78 is 10.1. The second-order valence-electron chi connectivity index (χ2n) is 3.13. The molecule has 0 spiro atoms. The minimum atomic E-state index is 0.00417. The van der Waals surface area contributed by atoms with Gasteiger partial charge in [0.25, 0.3) is 0 Å². The van der Waals surface area contributed by atoms with E-state index in [4.69, 9.17) is 21.1 Å². The maximum Gasteiger partial charge on any atom is 0.179 e. The van der Waals surface area contributed by atoms with Crippen molar-refractivity contribution in [2.45, 2.75) is 12.8 Å². The predicted octanol–water partition coefficient (Wildman–Crippen LogP) is 2.19. The van der Waals surface area contributed by atoms with Gasteiger partial charge in [0.05, 0.1) is 19.2 Å². The molecule has 0 amide bonds. The summed E-state index contributed by atoms with van der Waals surface area (Å²) in [6, 6.07) is 1.42. The smallest absolute Gasteiger partial charge is 0.179 e. The molecule has 1 N–H and O–H groups in total. The van der Waals surface area contributed by atoms with Crippen LogP contribution in [0.5, 0.6) is 17.2 Å². The zero-order valence-electron chi connectivity index (χ0n) is 9.12. The molecule has 0 bridgehead atoms. The normalized spacial score (nSPS) is 9.94. The molecule has 0 atom stereocenters. The summed E-state index contributed by atoms with van der Waals surface area (Å²) in [5, 5.41) is 9.99. The fraction of sp³-hybridized carbons (Fsp3) is 0.364. The number of hydrogen-bond donors (Lipinski definition) is 1. The number of carbonyl (C=O) groups excluding carboxylic acids is 1. The molecule has 0 aliphatic carbocycles. The third kappa shape index (κ3) is 2.39. The highest BCUT2D eigenvalue weighted by molar-refractivity contribution is 6.33. The lowest BCUT2D eigenvalue weighted by atomic mass is 10.1. The molecule has 0 aliphatic heterocycles. The largest absolute Gasteiger partial charge is 0.507 e. The fourth-order valence-corrected chi connectivity index (χ4v) is 1.78. The fourth-order valence-electron chi connectivity index (χ4n) is 1.42. The van der Waals surface area contributed by atoms with Crippen LogP contribution in [0.4, 0.5) is 0 Å². The first-order valence-electron chi connectivity index (χ1n) is 4.71. The summed E-state index contributed by atoms with van der Waals surface area (Å²) >= 11 is 6.05. The van der Waals surface area contributed by atoms with Crippen LogP contribution in [0.3, 0.4) is 0 Å².